The molecule has 0 spiro atoms. The molecule has 82 valence electrons. The molecule has 1 atom stereocenters. The van der Waals surface area contributed by atoms with Crippen LogP contribution in [0.15, 0.2) is 0 Å². The quantitative estimate of drug-likeness (QED) is 0.462. The Hall–Kier alpha value is -0.650. The average molecular weight is 201 g/mol. The molecule has 0 saturated carbocycles. The number of esters is 1. The van der Waals surface area contributed by atoms with Crippen molar-refractivity contribution in [3.05, 3.63) is 0 Å². The van der Waals surface area contributed by atoms with Crippen LogP contribution in [0.5, 0.6) is 0 Å². The van der Waals surface area contributed by atoms with Crippen LogP contribution < -0.4 is 11.1 Å². The molecule has 5 heteroatoms. The van der Waals surface area contributed by atoms with Crippen molar-refractivity contribution in [2.75, 3.05) is 26.4 Å². The number of ether oxygens (including phenoxy) is 1. The van der Waals surface area contributed by atoms with Gasteiger partial charge in [-0.15, -0.1) is 0 Å². The van der Waals surface area contributed by atoms with E-state index in [9.17, 15) is 4.79 Å². The minimum absolute atomic E-state index is 0.207. The van der Waals surface area contributed by atoms with Crippen molar-refractivity contribution in [2.45, 2.75) is 25.9 Å². The standard InChI is InChI=1S/C9H19N3O2/c1-2-3-6-14-9(13)8-11-4-5-12(8)7-10/h8,11H,2-7,10H2,1H3. The van der Waals surface area contributed by atoms with Gasteiger partial charge in [0.15, 0.2) is 6.17 Å². The average Bonchev–Trinajstić information content (AvgIpc) is 2.65. The molecule has 1 aliphatic rings. The summed E-state index contributed by atoms with van der Waals surface area (Å²) in [5.74, 6) is -0.207. The number of hydrogen-bond donors (Lipinski definition) is 2. The highest BCUT2D eigenvalue weighted by molar-refractivity contribution is 5.75. The Balaban J connectivity index is 2.28. The Bertz CT molecular complexity index is 187. The first-order chi connectivity index (χ1) is 6.79. The lowest BCUT2D eigenvalue weighted by atomic mass is 10.4. The summed E-state index contributed by atoms with van der Waals surface area (Å²) in [6, 6.07) is 0. The molecular formula is C9H19N3O2. The van der Waals surface area contributed by atoms with E-state index >= 15 is 0 Å². The van der Waals surface area contributed by atoms with Gasteiger partial charge in [0.2, 0.25) is 0 Å². The van der Waals surface area contributed by atoms with Gasteiger partial charge in [-0.25, -0.2) is 4.79 Å². The first kappa shape index (κ1) is 11.4. The Labute approximate surface area is 84.6 Å². The summed E-state index contributed by atoms with van der Waals surface area (Å²) in [4.78, 5) is 13.4. The molecule has 1 aliphatic heterocycles. The molecule has 5 nitrogen and oxygen atoms in total. The number of unbranched alkanes of at least 4 members (excludes halogenated alkanes) is 1. The van der Waals surface area contributed by atoms with Crippen LogP contribution in [0, 0.1) is 0 Å². The van der Waals surface area contributed by atoms with Crippen LogP contribution in [0.25, 0.3) is 0 Å². The first-order valence-corrected chi connectivity index (χ1v) is 5.13. The van der Waals surface area contributed by atoms with Crippen LogP contribution in [0.3, 0.4) is 0 Å². The van der Waals surface area contributed by atoms with Gasteiger partial charge >= 0.3 is 5.97 Å². The van der Waals surface area contributed by atoms with Crippen LogP contribution in [0.4, 0.5) is 0 Å². The fraction of sp³-hybridized carbons (Fsp3) is 0.889. The number of carbonyl (C=O) groups excluding carboxylic acids is 1. The second-order valence-corrected chi connectivity index (χ2v) is 3.37. The molecule has 1 rings (SSSR count). The Morgan fingerprint density at radius 1 is 1.71 bits per heavy atom. The zero-order valence-electron chi connectivity index (χ0n) is 8.66. The van der Waals surface area contributed by atoms with E-state index in [2.05, 4.69) is 12.2 Å². The van der Waals surface area contributed by atoms with Gasteiger partial charge in [-0.3, -0.25) is 10.2 Å². The van der Waals surface area contributed by atoms with Crippen molar-refractivity contribution in [3.8, 4) is 0 Å². The summed E-state index contributed by atoms with van der Waals surface area (Å²) in [5, 5.41) is 3.06. The van der Waals surface area contributed by atoms with E-state index in [-0.39, 0.29) is 12.1 Å². The summed E-state index contributed by atoms with van der Waals surface area (Å²) in [6.07, 6.45) is 1.62. The fourth-order valence-electron chi connectivity index (χ4n) is 1.43. The first-order valence-electron chi connectivity index (χ1n) is 5.13. The van der Waals surface area contributed by atoms with Gasteiger partial charge in [-0.05, 0) is 6.42 Å². The molecule has 0 aliphatic carbocycles. The van der Waals surface area contributed by atoms with Crippen molar-refractivity contribution in [1.82, 2.24) is 10.2 Å². The van der Waals surface area contributed by atoms with E-state index in [0.29, 0.717) is 13.3 Å². The lowest BCUT2D eigenvalue weighted by Gasteiger charge is -2.20. The van der Waals surface area contributed by atoms with Crippen molar-refractivity contribution in [1.29, 1.82) is 0 Å². The molecule has 1 heterocycles. The Kier molecular flexibility index (Phi) is 4.86. The van der Waals surface area contributed by atoms with Gasteiger partial charge in [0.05, 0.1) is 6.61 Å². The van der Waals surface area contributed by atoms with Crippen molar-refractivity contribution in [2.24, 2.45) is 5.73 Å². The SMILES string of the molecule is CCCCOC(=O)C1NCCN1CN. The Morgan fingerprint density at radius 3 is 3.14 bits per heavy atom. The number of nitrogens with two attached hydrogens (primary N) is 1. The monoisotopic (exact) mass is 201 g/mol. The van der Waals surface area contributed by atoms with E-state index in [1.807, 2.05) is 4.90 Å². The fourth-order valence-corrected chi connectivity index (χ4v) is 1.43. The second kappa shape index (κ2) is 5.95. The maximum Gasteiger partial charge on any atom is 0.338 e. The summed E-state index contributed by atoms with van der Waals surface area (Å²) in [6.45, 7) is 4.56. The molecule has 14 heavy (non-hydrogen) atoms. The zero-order valence-corrected chi connectivity index (χ0v) is 8.66. The van der Waals surface area contributed by atoms with Gasteiger partial charge in [-0.2, -0.15) is 0 Å². The van der Waals surface area contributed by atoms with Gasteiger partial charge in [0, 0.05) is 19.8 Å². The second-order valence-electron chi connectivity index (χ2n) is 3.37. The summed E-state index contributed by atoms with van der Waals surface area (Å²) >= 11 is 0. The normalized spacial score (nSPS) is 22.6. The van der Waals surface area contributed by atoms with Crippen LogP contribution in [0.1, 0.15) is 19.8 Å². The molecule has 0 radical (unpaired) electrons. The van der Waals surface area contributed by atoms with Crippen LogP contribution in [-0.2, 0) is 9.53 Å². The molecule has 1 unspecified atom stereocenters. The van der Waals surface area contributed by atoms with Gasteiger partial charge in [0.1, 0.15) is 0 Å². The number of nitrogens with one attached hydrogen (secondary N) is 1. The minimum Gasteiger partial charge on any atom is -0.464 e. The number of hydrogen-bond acceptors (Lipinski definition) is 5. The predicted molar refractivity (Wildman–Crippen MR) is 53.4 cm³/mol. The topological polar surface area (TPSA) is 67.6 Å². The molecule has 0 aromatic rings. The van der Waals surface area contributed by atoms with Crippen LogP contribution in [-0.4, -0.2) is 43.4 Å². The molecule has 1 saturated heterocycles. The van der Waals surface area contributed by atoms with E-state index in [4.69, 9.17) is 10.5 Å². The largest absolute Gasteiger partial charge is 0.464 e. The van der Waals surface area contributed by atoms with Crippen LogP contribution in [0.2, 0.25) is 0 Å². The Morgan fingerprint density at radius 2 is 2.50 bits per heavy atom. The van der Waals surface area contributed by atoms with Gasteiger partial charge in [-0.1, -0.05) is 13.3 Å². The zero-order chi connectivity index (χ0) is 10.4. The van der Waals surface area contributed by atoms with Crippen molar-refractivity contribution >= 4 is 5.97 Å². The predicted octanol–water partition coefficient (Wildman–Crippen LogP) is -0.523. The van der Waals surface area contributed by atoms with Gasteiger partial charge in [0.25, 0.3) is 0 Å². The lowest BCUT2D eigenvalue weighted by Crippen LogP contribution is -2.46. The van der Waals surface area contributed by atoms with Crippen molar-refractivity contribution in [3.63, 3.8) is 0 Å². The smallest absolute Gasteiger partial charge is 0.338 e. The van der Waals surface area contributed by atoms with E-state index < -0.39 is 0 Å². The van der Waals surface area contributed by atoms with E-state index in [1.54, 1.807) is 0 Å². The molecule has 1 fully saturated rings. The molecule has 0 bridgehead atoms. The highest BCUT2D eigenvalue weighted by Crippen LogP contribution is 2.03. The third-order valence-electron chi connectivity index (χ3n) is 2.30. The molecule has 0 amide bonds. The summed E-state index contributed by atoms with van der Waals surface area (Å²) in [7, 11) is 0. The third-order valence-corrected chi connectivity index (χ3v) is 2.30. The highest BCUT2D eigenvalue weighted by Gasteiger charge is 2.30. The molecule has 3 N–H and O–H groups in total. The summed E-state index contributed by atoms with van der Waals surface area (Å²) < 4.78 is 5.10. The third kappa shape index (κ3) is 2.94. The highest BCUT2D eigenvalue weighted by atomic mass is 16.5. The lowest BCUT2D eigenvalue weighted by molar-refractivity contribution is -0.149. The maximum absolute atomic E-state index is 11.5. The summed E-state index contributed by atoms with van der Waals surface area (Å²) in [5.41, 5.74) is 5.49. The van der Waals surface area contributed by atoms with Gasteiger partial charge < -0.3 is 10.5 Å². The molecule has 0 aromatic carbocycles. The van der Waals surface area contributed by atoms with Crippen molar-refractivity contribution < 1.29 is 9.53 Å². The van der Waals surface area contributed by atoms with E-state index in [1.165, 1.54) is 0 Å². The minimum atomic E-state index is -0.336. The molecule has 0 aromatic heterocycles. The van der Waals surface area contributed by atoms with Crippen LogP contribution >= 0.6 is 0 Å². The number of rotatable bonds is 5. The number of carbonyl (C=O) groups is 1. The van der Waals surface area contributed by atoms with E-state index in [0.717, 1.165) is 25.9 Å². The molecular weight excluding hydrogens is 182 g/mol. The maximum atomic E-state index is 11.5. The number of nitrogens with zero attached hydrogens (tertiary/aromatic N) is 1.